The number of para-hydroxylation sites is 2. The van der Waals surface area contributed by atoms with Gasteiger partial charge in [-0.2, -0.15) is 0 Å². The summed E-state index contributed by atoms with van der Waals surface area (Å²) in [5.41, 5.74) is 3.72. The normalized spacial score (nSPS) is 15.1. The van der Waals surface area contributed by atoms with Crippen LogP contribution in [0, 0.1) is 0 Å². The zero-order valence-corrected chi connectivity index (χ0v) is 19.9. The van der Waals surface area contributed by atoms with Gasteiger partial charge in [0.05, 0.1) is 29.7 Å². The van der Waals surface area contributed by atoms with E-state index in [0.717, 1.165) is 51.0 Å². The van der Waals surface area contributed by atoms with Gasteiger partial charge in [-0.3, -0.25) is 0 Å². The van der Waals surface area contributed by atoms with Crippen LogP contribution >= 0.6 is 15.9 Å². The molecule has 1 saturated carbocycles. The number of aromatic amines is 1. The Balaban J connectivity index is 1.37. The van der Waals surface area contributed by atoms with Gasteiger partial charge < -0.3 is 20.4 Å². The van der Waals surface area contributed by atoms with Crippen molar-refractivity contribution >= 4 is 33.0 Å². The molecule has 1 atom stereocenters. The number of nitrogens with zero attached hydrogens (tertiary/aromatic N) is 1. The molecule has 0 spiro atoms. The number of urea groups is 1. The number of halogens is 1. The number of aromatic nitrogens is 2. The molecule has 3 N–H and O–H groups in total. The van der Waals surface area contributed by atoms with Crippen molar-refractivity contribution in [2.45, 2.75) is 30.8 Å². The predicted molar refractivity (Wildman–Crippen MR) is 132 cm³/mol. The van der Waals surface area contributed by atoms with Gasteiger partial charge in [0.15, 0.2) is 0 Å². The maximum atomic E-state index is 13.1. The third-order valence-electron chi connectivity index (χ3n) is 6.14. The van der Waals surface area contributed by atoms with Gasteiger partial charge in [0.25, 0.3) is 0 Å². The van der Waals surface area contributed by atoms with E-state index >= 15 is 0 Å². The van der Waals surface area contributed by atoms with Gasteiger partial charge in [-0.25, -0.2) is 9.78 Å². The molecule has 5 rings (SSSR count). The van der Waals surface area contributed by atoms with Crippen molar-refractivity contribution in [3.05, 3.63) is 94.2 Å². The Morgan fingerprint density at radius 1 is 1.09 bits per heavy atom. The topological polar surface area (TPSA) is 79.0 Å². The van der Waals surface area contributed by atoms with Crippen molar-refractivity contribution in [2.75, 3.05) is 7.11 Å². The third-order valence-corrected chi connectivity index (χ3v) is 6.67. The quantitative estimate of drug-likeness (QED) is 0.306. The van der Waals surface area contributed by atoms with E-state index in [1.165, 1.54) is 0 Å². The Labute approximate surface area is 200 Å². The van der Waals surface area contributed by atoms with E-state index in [0.29, 0.717) is 6.42 Å². The van der Waals surface area contributed by atoms with E-state index in [2.05, 4.69) is 43.7 Å². The summed E-state index contributed by atoms with van der Waals surface area (Å²) in [5.74, 6) is 1.53. The molecule has 1 heterocycles. The molecule has 0 aliphatic heterocycles. The standard InChI is InChI=1S/C26H25BrN4O2/c1-33-20-12-6-17(7-13-20)16-23(24-28-21-4-2-3-5-22(21)29-24)30-25(32)31-26(14-15-26)18-8-10-19(27)11-9-18/h2-13,23H,14-16H2,1H3,(H,28,29)(H2,30,31,32)/t23-/m1/s1. The SMILES string of the molecule is COc1ccc(C[C@@H](NC(=O)NC2(c3ccc(Br)cc3)CC2)c2nc3ccccc3[nH]2)cc1. The van der Waals surface area contributed by atoms with Crippen LogP contribution in [0.25, 0.3) is 11.0 Å². The molecule has 0 bridgehead atoms. The van der Waals surface area contributed by atoms with Crippen molar-refractivity contribution in [1.82, 2.24) is 20.6 Å². The number of hydrogen-bond acceptors (Lipinski definition) is 3. The first-order valence-corrected chi connectivity index (χ1v) is 11.8. The monoisotopic (exact) mass is 504 g/mol. The van der Waals surface area contributed by atoms with Crippen LogP contribution in [0.3, 0.4) is 0 Å². The molecule has 0 saturated heterocycles. The maximum absolute atomic E-state index is 13.1. The fourth-order valence-corrected chi connectivity index (χ4v) is 4.41. The second kappa shape index (κ2) is 8.90. The minimum atomic E-state index is -0.313. The lowest BCUT2D eigenvalue weighted by molar-refractivity contribution is 0.231. The summed E-state index contributed by atoms with van der Waals surface area (Å²) in [6.45, 7) is 0. The summed E-state index contributed by atoms with van der Waals surface area (Å²) in [6, 6.07) is 23.4. The molecule has 7 heteroatoms. The summed E-state index contributed by atoms with van der Waals surface area (Å²) in [5, 5.41) is 6.38. The molecule has 2 amide bonds. The number of H-pyrrole nitrogens is 1. The highest BCUT2D eigenvalue weighted by Gasteiger charge is 2.45. The molecule has 4 aromatic rings. The van der Waals surface area contributed by atoms with E-state index in [4.69, 9.17) is 9.72 Å². The van der Waals surface area contributed by atoms with Gasteiger partial charge in [0, 0.05) is 4.47 Å². The van der Waals surface area contributed by atoms with Gasteiger partial charge in [-0.05, 0) is 66.8 Å². The molecular weight excluding hydrogens is 480 g/mol. The van der Waals surface area contributed by atoms with Gasteiger partial charge in [0.2, 0.25) is 0 Å². The van der Waals surface area contributed by atoms with Crippen LogP contribution in [0.1, 0.15) is 35.8 Å². The van der Waals surface area contributed by atoms with E-state index in [9.17, 15) is 4.79 Å². The lowest BCUT2D eigenvalue weighted by Crippen LogP contribution is -2.44. The summed E-state index contributed by atoms with van der Waals surface area (Å²) in [7, 11) is 1.65. The van der Waals surface area contributed by atoms with Gasteiger partial charge in [-0.15, -0.1) is 0 Å². The highest BCUT2D eigenvalue weighted by Crippen LogP contribution is 2.45. The number of benzene rings is 3. The van der Waals surface area contributed by atoms with Crippen molar-refractivity contribution in [3.63, 3.8) is 0 Å². The molecule has 6 nitrogen and oxygen atoms in total. The zero-order valence-electron chi connectivity index (χ0n) is 18.3. The largest absolute Gasteiger partial charge is 0.497 e. The van der Waals surface area contributed by atoms with Crippen LogP contribution in [0.4, 0.5) is 4.79 Å². The highest BCUT2D eigenvalue weighted by molar-refractivity contribution is 9.10. The molecule has 33 heavy (non-hydrogen) atoms. The smallest absolute Gasteiger partial charge is 0.316 e. The van der Waals surface area contributed by atoms with Crippen LogP contribution < -0.4 is 15.4 Å². The number of imidazole rings is 1. The molecule has 0 unspecified atom stereocenters. The average molecular weight is 505 g/mol. The Hall–Kier alpha value is -3.32. The highest BCUT2D eigenvalue weighted by atomic mass is 79.9. The molecule has 3 aromatic carbocycles. The Morgan fingerprint density at radius 2 is 1.82 bits per heavy atom. The lowest BCUT2D eigenvalue weighted by atomic mass is 10.0. The molecule has 1 aliphatic rings. The van der Waals surface area contributed by atoms with E-state index in [1.807, 2.05) is 60.7 Å². The summed E-state index contributed by atoms with van der Waals surface area (Å²) in [6.07, 6.45) is 2.45. The van der Waals surface area contributed by atoms with Crippen molar-refractivity contribution in [1.29, 1.82) is 0 Å². The molecule has 1 fully saturated rings. The fraction of sp³-hybridized carbons (Fsp3) is 0.231. The maximum Gasteiger partial charge on any atom is 0.316 e. The van der Waals surface area contributed by atoms with Crippen LogP contribution in [0.2, 0.25) is 0 Å². The van der Waals surface area contributed by atoms with Crippen molar-refractivity contribution in [3.8, 4) is 5.75 Å². The van der Waals surface area contributed by atoms with Gasteiger partial charge in [0.1, 0.15) is 11.6 Å². The number of amides is 2. The summed E-state index contributed by atoms with van der Waals surface area (Å²) < 4.78 is 6.30. The zero-order chi connectivity index (χ0) is 22.8. The van der Waals surface area contributed by atoms with E-state index < -0.39 is 0 Å². The Morgan fingerprint density at radius 3 is 2.48 bits per heavy atom. The number of hydrogen-bond donors (Lipinski definition) is 3. The number of ether oxygens (including phenoxy) is 1. The lowest BCUT2D eigenvalue weighted by Gasteiger charge is -2.22. The minimum absolute atomic E-state index is 0.200. The fourth-order valence-electron chi connectivity index (χ4n) is 4.14. The number of carbonyl (C=O) groups excluding carboxylic acids is 1. The van der Waals surface area contributed by atoms with Crippen molar-refractivity contribution in [2.24, 2.45) is 0 Å². The van der Waals surface area contributed by atoms with Crippen LogP contribution in [0.15, 0.2) is 77.3 Å². The Kier molecular flexibility index (Phi) is 5.81. The summed E-state index contributed by atoms with van der Waals surface area (Å²) >= 11 is 3.48. The first-order chi connectivity index (χ1) is 16.0. The number of carbonyl (C=O) groups is 1. The van der Waals surface area contributed by atoms with Gasteiger partial charge >= 0.3 is 6.03 Å². The van der Waals surface area contributed by atoms with E-state index in [-0.39, 0.29) is 17.6 Å². The number of rotatable bonds is 7. The second-order valence-electron chi connectivity index (χ2n) is 8.43. The molecule has 1 aliphatic carbocycles. The molecular formula is C26H25BrN4O2. The molecule has 168 valence electrons. The van der Waals surface area contributed by atoms with Gasteiger partial charge in [-0.1, -0.05) is 52.3 Å². The number of nitrogens with one attached hydrogen (secondary N) is 3. The van der Waals surface area contributed by atoms with Crippen molar-refractivity contribution < 1.29 is 9.53 Å². The minimum Gasteiger partial charge on any atom is -0.497 e. The number of methoxy groups -OCH3 is 1. The molecule has 1 aromatic heterocycles. The van der Waals surface area contributed by atoms with Crippen LogP contribution in [-0.4, -0.2) is 23.1 Å². The molecule has 0 radical (unpaired) electrons. The first-order valence-electron chi connectivity index (χ1n) is 11.0. The third kappa shape index (κ3) is 4.73. The average Bonchev–Trinajstić information content (AvgIpc) is 3.47. The Bertz CT molecular complexity index is 1230. The predicted octanol–water partition coefficient (Wildman–Crippen LogP) is 5.61. The first kappa shape index (κ1) is 21.5. The van der Waals surface area contributed by atoms with Crippen LogP contribution in [-0.2, 0) is 12.0 Å². The second-order valence-corrected chi connectivity index (χ2v) is 9.35. The summed E-state index contributed by atoms with van der Waals surface area (Å²) in [4.78, 5) is 21.3. The van der Waals surface area contributed by atoms with Crippen LogP contribution in [0.5, 0.6) is 5.75 Å². The number of fused-ring (bicyclic) bond motifs is 1. The van der Waals surface area contributed by atoms with E-state index in [1.54, 1.807) is 7.11 Å².